The predicted molar refractivity (Wildman–Crippen MR) is 79.1 cm³/mol. The highest BCUT2D eigenvalue weighted by Gasteiger charge is 2.50. The minimum atomic E-state index is 0.574. The normalized spacial score (nSPS) is 49.7. The molecule has 1 saturated heterocycles. The highest BCUT2D eigenvalue weighted by molar-refractivity contribution is 5.06. The Kier molecular flexibility index (Phi) is 3.15. The number of nitrogens with one attached hydrogen (secondary N) is 1. The van der Waals surface area contributed by atoms with Gasteiger partial charge in [-0.3, -0.25) is 0 Å². The lowest BCUT2D eigenvalue weighted by Gasteiger charge is -2.57. The molecule has 0 aromatic rings. The van der Waals surface area contributed by atoms with Gasteiger partial charge in [-0.05, 0) is 95.2 Å². The van der Waals surface area contributed by atoms with Gasteiger partial charge in [0.25, 0.3) is 0 Å². The van der Waals surface area contributed by atoms with Crippen LogP contribution in [0.3, 0.4) is 0 Å². The molecule has 5 rings (SSSR count). The van der Waals surface area contributed by atoms with Crippen LogP contribution in [0.2, 0.25) is 0 Å². The van der Waals surface area contributed by atoms with E-state index in [4.69, 9.17) is 0 Å². The molecule has 0 amide bonds. The van der Waals surface area contributed by atoms with Crippen LogP contribution in [-0.4, -0.2) is 37.1 Å². The van der Waals surface area contributed by atoms with Crippen LogP contribution in [0, 0.1) is 23.7 Å². The number of piperidine rings is 1. The van der Waals surface area contributed by atoms with Gasteiger partial charge in [0.2, 0.25) is 0 Å². The molecule has 2 heteroatoms. The van der Waals surface area contributed by atoms with Gasteiger partial charge < -0.3 is 10.2 Å². The highest BCUT2D eigenvalue weighted by Crippen LogP contribution is 2.55. The number of hydrogen-bond donors (Lipinski definition) is 1. The molecule has 19 heavy (non-hydrogen) atoms. The SMILES string of the molecule is CN1CCCC(CNC23CC4CC(CC(C4)C2)C3)C1. The van der Waals surface area contributed by atoms with E-state index in [1.807, 2.05) is 0 Å². The molecule has 1 aliphatic heterocycles. The average Bonchev–Trinajstić information content (AvgIpc) is 2.35. The molecule has 1 atom stereocenters. The Labute approximate surface area is 118 Å². The maximum atomic E-state index is 4.09. The summed E-state index contributed by atoms with van der Waals surface area (Å²) in [7, 11) is 2.29. The van der Waals surface area contributed by atoms with Gasteiger partial charge in [0, 0.05) is 12.1 Å². The number of likely N-dealkylation sites (tertiary alicyclic amines) is 1. The van der Waals surface area contributed by atoms with Gasteiger partial charge >= 0.3 is 0 Å². The predicted octanol–water partition coefficient (Wildman–Crippen LogP) is 2.89. The Bertz CT molecular complexity index is 303. The van der Waals surface area contributed by atoms with Crippen molar-refractivity contribution in [2.75, 3.05) is 26.7 Å². The Hall–Kier alpha value is -0.0800. The summed E-state index contributed by atoms with van der Waals surface area (Å²) in [5.74, 6) is 4.14. The average molecular weight is 262 g/mol. The molecular weight excluding hydrogens is 232 g/mol. The third kappa shape index (κ3) is 2.47. The molecule has 4 bridgehead atoms. The van der Waals surface area contributed by atoms with E-state index < -0.39 is 0 Å². The lowest BCUT2D eigenvalue weighted by Crippen LogP contribution is -2.59. The van der Waals surface area contributed by atoms with Gasteiger partial charge in [0.15, 0.2) is 0 Å². The molecule has 0 aromatic carbocycles. The molecule has 5 aliphatic rings. The zero-order chi connectivity index (χ0) is 12.9. The summed E-state index contributed by atoms with van der Waals surface area (Å²) in [6, 6.07) is 0. The number of hydrogen-bond acceptors (Lipinski definition) is 2. The minimum Gasteiger partial charge on any atom is -0.311 e. The van der Waals surface area contributed by atoms with Crippen LogP contribution < -0.4 is 5.32 Å². The summed E-state index contributed by atoms with van der Waals surface area (Å²) in [4.78, 5) is 2.52. The lowest BCUT2D eigenvalue weighted by molar-refractivity contribution is -0.0225. The van der Waals surface area contributed by atoms with Crippen molar-refractivity contribution in [3.63, 3.8) is 0 Å². The van der Waals surface area contributed by atoms with Crippen molar-refractivity contribution in [3.05, 3.63) is 0 Å². The summed E-state index contributed by atoms with van der Waals surface area (Å²) in [5, 5.41) is 4.09. The van der Waals surface area contributed by atoms with Crippen molar-refractivity contribution in [1.82, 2.24) is 10.2 Å². The smallest absolute Gasteiger partial charge is 0.0189 e. The maximum Gasteiger partial charge on any atom is 0.0189 e. The highest BCUT2D eigenvalue weighted by atomic mass is 15.1. The summed E-state index contributed by atoms with van der Waals surface area (Å²) < 4.78 is 0. The first-order valence-corrected chi connectivity index (χ1v) is 8.64. The Morgan fingerprint density at radius 3 is 2.26 bits per heavy atom. The van der Waals surface area contributed by atoms with Crippen molar-refractivity contribution in [2.45, 2.75) is 56.9 Å². The molecule has 0 spiro atoms. The topological polar surface area (TPSA) is 15.3 Å². The summed E-state index contributed by atoms with van der Waals surface area (Å²) in [6.45, 7) is 3.92. The molecule has 4 saturated carbocycles. The first kappa shape index (κ1) is 12.6. The van der Waals surface area contributed by atoms with Gasteiger partial charge in [-0.15, -0.1) is 0 Å². The summed E-state index contributed by atoms with van der Waals surface area (Å²) in [6.07, 6.45) is 12.0. The molecule has 108 valence electrons. The van der Waals surface area contributed by atoms with Crippen LogP contribution in [0.15, 0.2) is 0 Å². The van der Waals surface area contributed by atoms with Crippen LogP contribution in [0.25, 0.3) is 0 Å². The molecule has 0 aromatic heterocycles. The van der Waals surface area contributed by atoms with Crippen molar-refractivity contribution in [1.29, 1.82) is 0 Å². The van der Waals surface area contributed by atoms with E-state index in [0.29, 0.717) is 5.54 Å². The van der Waals surface area contributed by atoms with Crippen LogP contribution in [0.5, 0.6) is 0 Å². The number of rotatable bonds is 3. The fourth-order valence-corrected chi connectivity index (χ4v) is 6.13. The zero-order valence-electron chi connectivity index (χ0n) is 12.5. The molecule has 1 N–H and O–H groups in total. The lowest BCUT2D eigenvalue weighted by atomic mass is 9.53. The van der Waals surface area contributed by atoms with Gasteiger partial charge in [0.05, 0.1) is 0 Å². The molecule has 1 unspecified atom stereocenters. The van der Waals surface area contributed by atoms with Crippen LogP contribution in [0.4, 0.5) is 0 Å². The molecular formula is C17H30N2. The molecule has 0 radical (unpaired) electrons. The van der Waals surface area contributed by atoms with Gasteiger partial charge in [0.1, 0.15) is 0 Å². The van der Waals surface area contributed by atoms with Gasteiger partial charge in [-0.2, -0.15) is 0 Å². The van der Waals surface area contributed by atoms with E-state index in [-0.39, 0.29) is 0 Å². The first-order valence-electron chi connectivity index (χ1n) is 8.64. The summed E-state index contributed by atoms with van der Waals surface area (Å²) in [5.41, 5.74) is 0.574. The van der Waals surface area contributed by atoms with E-state index in [1.54, 1.807) is 19.3 Å². The van der Waals surface area contributed by atoms with Crippen LogP contribution in [-0.2, 0) is 0 Å². The van der Waals surface area contributed by atoms with Crippen molar-refractivity contribution in [3.8, 4) is 0 Å². The molecule has 4 aliphatic carbocycles. The summed E-state index contributed by atoms with van der Waals surface area (Å²) >= 11 is 0. The second-order valence-corrected chi connectivity index (χ2v) is 8.35. The maximum absolute atomic E-state index is 4.09. The van der Waals surface area contributed by atoms with Crippen molar-refractivity contribution < 1.29 is 0 Å². The Balaban J connectivity index is 1.37. The van der Waals surface area contributed by atoms with Crippen molar-refractivity contribution in [2.24, 2.45) is 23.7 Å². The van der Waals surface area contributed by atoms with E-state index in [2.05, 4.69) is 17.3 Å². The second-order valence-electron chi connectivity index (χ2n) is 8.35. The van der Waals surface area contributed by atoms with Gasteiger partial charge in [-0.25, -0.2) is 0 Å². The van der Waals surface area contributed by atoms with Crippen molar-refractivity contribution >= 4 is 0 Å². The first-order chi connectivity index (χ1) is 9.21. The van der Waals surface area contributed by atoms with Crippen LogP contribution >= 0.6 is 0 Å². The van der Waals surface area contributed by atoms with E-state index in [1.165, 1.54) is 51.7 Å². The molecule has 2 nitrogen and oxygen atoms in total. The second kappa shape index (κ2) is 4.73. The third-order valence-corrected chi connectivity index (χ3v) is 6.53. The molecule has 5 fully saturated rings. The fourth-order valence-electron chi connectivity index (χ4n) is 6.13. The zero-order valence-corrected chi connectivity index (χ0v) is 12.5. The number of nitrogens with zero attached hydrogens (tertiary/aromatic N) is 1. The van der Waals surface area contributed by atoms with E-state index in [9.17, 15) is 0 Å². The fraction of sp³-hybridized carbons (Fsp3) is 1.00. The minimum absolute atomic E-state index is 0.574. The largest absolute Gasteiger partial charge is 0.311 e. The van der Waals surface area contributed by atoms with E-state index >= 15 is 0 Å². The Morgan fingerprint density at radius 2 is 1.68 bits per heavy atom. The third-order valence-electron chi connectivity index (χ3n) is 6.53. The monoisotopic (exact) mass is 262 g/mol. The quantitative estimate of drug-likeness (QED) is 0.841. The molecule has 1 heterocycles. The van der Waals surface area contributed by atoms with Crippen LogP contribution in [0.1, 0.15) is 51.4 Å². The Morgan fingerprint density at radius 1 is 1.05 bits per heavy atom. The van der Waals surface area contributed by atoms with E-state index in [0.717, 1.165) is 23.7 Å². The standard InChI is InChI=1S/C17H30N2/c1-19-4-2-3-13(12-19)11-18-17-8-14-5-15(9-17)7-16(6-14)10-17/h13-16,18H,2-12H2,1H3. The van der Waals surface area contributed by atoms with Gasteiger partial charge in [-0.1, -0.05) is 0 Å².